The number of hydroxylamine groups is 1. The second-order valence-corrected chi connectivity index (χ2v) is 5.75. The molecular formula is C20H21N3O4. The molecule has 7 heteroatoms. The molecular weight excluding hydrogens is 346 g/mol. The van der Waals surface area contributed by atoms with E-state index in [-0.39, 0.29) is 6.42 Å². The van der Waals surface area contributed by atoms with Crippen LogP contribution in [0.15, 0.2) is 66.7 Å². The van der Waals surface area contributed by atoms with Crippen LogP contribution in [-0.2, 0) is 20.9 Å². The van der Waals surface area contributed by atoms with Crippen LogP contribution in [0, 0.1) is 0 Å². The molecule has 0 saturated carbocycles. The Balaban J connectivity index is 1.90. The van der Waals surface area contributed by atoms with E-state index in [0.717, 1.165) is 11.1 Å². The first-order valence-electron chi connectivity index (χ1n) is 8.36. The number of hydrogen-bond acceptors (Lipinski definition) is 4. The first-order chi connectivity index (χ1) is 13.1. The Morgan fingerprint density at radius 3 is 2.22 bits per heavy atom. The lowest BCUT2D eigenvalue weighted by atomic mass is 10.1. The number of rotatable bonds is 8. The van der Waals surface area contributed by atoms with Crippen LogP contribution >= 0.6 is 0 Å². The molecule has 140 valence electrons. The van der Waals surface area contributed by atoms with Crippen molar-refractivity contribution in [3.8, 4) is 0 Å². The largest absolute Gasteiger partial charge is 0.352 e. The molecule has 3 amide bonds. The lowest BCUT2D eigenvalue weighted by molar-refractivity contribution is -0.136. The fraction of sp³-hybridized carbons (Fsp3) is 0.150. The SMILES string of the molecule is O=C(/C=C/c1ccccc1)N[C@H](CC(=O)NCc1ccccc1)C(=O)NO. The summed E-state index contributed by atoms with van der Waals surface area (Å²) in [5.41, 5.74) is 3.19. The first kappa shape index (κ1) is 19.9. The minimum atomic E-state index is -1.20. The van der Waals surface area contributed by atoms with E-state index in [9.17, 15) is 14.4 Å². The summed E-state index contributed by atoms with van der Waals surface area (Å²) in [6.45, 7) is 0.301. The van der Waals surface area contributed by atoms with E-state index < -0.39 is 23.8 Å². The Labute approximate surface area is 157 Å². The highest BCUT2D eigenvalue weighted by molar-refractivity contribution is 5.97. The highest BCUT2D eigenvalue weighted by Gasteiger charge is 2.22. The maximum Gasteiger partial charge on any atom is 0.266 e. The fourth-order valence-electron chi connectivity index (χ4n) is 2.30. The molecule has 1 atom stereocenters. The molecule has 2 rings (SSSR count). The van der Waals surface area contributed by atoms with Crippen molar-refractivity contribution in [3.63, 3.8) is 0 Å². The zero-order valence-corrected chi connectivity index (χ0v) is 14.6. The lowest BCUT2D eigenvalue weighted by Crippen LogP contribution is -2.47. The van der Waals surface area contributed by atoms with Gasteiger partial charge in [-0.1, -0.05) is 60.7 Å². The zero-order valence-electron chi connectivity index (χ0n) is 14.6. The van der Waals surface area contributed by atoms with Gasteiger partial charge >= 0.3 is 0 Å². The second kappa shape index (κ2) is 10.5. The normalized spacial score (nSPS) is 11.6. The molecule has 0 saturated heterocycles. The second-order valence-electron chi connectivity index (χ2n) is 5.75. The van der Waals surface area contributed by atoms with Crippen LogP contribution < -0.4 is 16.1 Å². The molecule has 0 heterocycles. The molecule has 2 aromatic carbocycles. The Kier molecular flexibility index (Phi) is 7.74. The molecule has 0 aliphatic rings. The zero-order chi connectivity index (χ0) is 19.5. The predicted octanol–water partition coefficient (Wildman–Crippen LogP) is 1.40. The first-order valence-corrected chi connectivity index (χ1v) is 8.36. The van der Waals surface area contributed by atoms with E-state index in [1.165, 1.54) is 11.6 Å². The minimum Gasteiger partial charge on any atom is -0.352 e. The summed E-state index contributed by atoms with van der Waals surface area (Å²) in [5.74, 6) is -1.85. The van der Waals surface area contributed by atoms with Crippen molar-refractivity contribution in [2.75, 3.05) is 0 Å². The number of nitrogens with one attached hydrogen (secondary N) is 3. The standard InChI is InChI=1S/C20H21N3O4/c24-18(12-11-15-7-3-1-4-8-15)22-17(20(26)23-27)13-19(25)21-14-16-9-5-2-6-10-16/h1-12,17,27H,13-14H2,(H,21,25)(H,22,24)(H,23,26)/b12-11+/t17-/m1/s1. The molecule has 0 aromatic heterocycles. The molecule has 0 aliphatic carbocycles. The van der Waals surface area contributed by atoms with Gasteiger partial charge in [-0.25, -0.2) is 5.48 Å². The fourth-order valence-corrected chi connectivity index (χ4v) is 2.30. The summed E-state index contributed by atoms with van der Waals surface area (Å²) in [7, 11) is 0. The average molecular weight is 367 g/mol. The van der Waals surface area contributed by atoms with Gasteiger partial charge in [-0.05, 0) is 17.2 Å². The summed E-state index contributed by atoms with van der Waals surface area (Å²) in [6, 6.07) is 17.2. The number of carbonyl (C=O) groups is 3. The van der Waals surface area contributed by atoms with Crippen molar-refractivity contribution < 1.29 is 19.6 Å². The van der Waals surface area contributed by atoms with Gasteiger partial charge in [0.25, 0.3) is 5.91 Å². The summed E-state index contributed by atoms with van der Waals surface area (Å²) >= 11 is 0. The third-order valence-electron chi connectivity index (χ3n) is 3.69. The van der Waals surface area contributed by atoms with E-state index in [1.807, 2.05) is 60.7 Å². The number of carbonyl (C=O) groups excluding carboxylic acids is 3. The van der Waals surface area contributed by atoms with E-state index in [4.69, 9.17) is 5.21 Å². The minimum absolute atomic E-state index is 0.301. The molecule has 0 bridgehead atoms. The highest BCUT2D eigenvalue weighted by atomic mass is 16.5. The van der Waals surface area contributed by atoms with Crippen molar-refractivity contribution in [2.24, 2.45) is 0 Å². The van der Waals surface area contributed by atoms with Gasteiger partial charge in [-0.2, -0.15) is 0 Å². The maximum atomic E-state index is 12.1. The van der Waals surface area contributed by atoms with Crippen molar-refractivity contribution in [2.45, 2.75) is 19.0 Å². The van der Waals surface area contributed by atoms with Gasteiger partial charge in [0.2, 0.25) is 11.8 Å². The summed E-state index contributed by atoms with van der Waals surface area (Å²) < 4.78 is 0. The van der Waals surface area contributed by atoms with Gasteiger partial charge in [-0.15, -0.1) is 0 Å². The Morgan fingerprint density at radius 1 is 0.963 bits per heavy atom. The van der Waals surface area contributed by atoms with E-state index in [2.05, 4.69) is 10.6 Å². The van der Waals surface area contributed by atoms with Crippen LogP contribution in [0.3, 0.4) is 0 Å². The Bertz CT molecular complexity index is 791. The van der Waals surface area contributed by atoms with Crippen molar-refractivity contribution >= 4 is 23.8 Å². The molecule has 0 fully saturated rings. The van der Waals surface area contributed by atoms with Crippen LogP contribution in [0.1, 0.15) is 17.5 Å². The summed E-state index contributed by atoms with van der Waals surface area (Å²) in [4.78, 5) is 35.8. The smallest absolute Gasteiger partial charge is 0.266 e. The quantitative estimate of drug-likeness (QED) is 0.321. The molecule has 0 radical (unpaired) electrons. The van der Waals surface area contributed by atoms with Crippen LogP contribution in [0.2, 0.25) is 0 Å². The van der Waals surface area contributed by atoms with Gasteiger partial charge in [0, 0.05) is 12.6 Å². The van der Waals surface area contributed by atoms with Crippen LogP contribution in [0.5, 0.6) is 0 Å². The van der Waals surface area contributed by atoms with Gasteiger partial charge in [-0.3, -0.25) is 19.6 Å². The third kappa shape index (κ3) is 7.13. The average Bonchev–Trinajstić information content (AvgIpc) is 2.71. The molecule has 0 aliphatic heterocycles. The van der Waals surface area contributed by atoms with E-state index >= 15 is 0 Å². The molecule has 0 unspecified atom stereocenters. The molecule has 27 heavy (non-hydrogen) atoms. The molecule has 7 nitrogen and oxygen atoms in total. The van der Waals surface area contributed by atoms with Crippen molar-refractivity contribution in [3.05, 3.63) is 77.9 Å². The van der Waals surface area contributed by atoms with Crippen molar-refractivity contribution in [1.29, 1.82) is 0 Å². The van der Waals surface area contributed by atoms with Crippen LogP contribution in [0.25, 0.3) is 6.08 Å². The van der Waals surface area contributed by atoms with Gasteiger partial charge in [0.1, 0.15) is 6.04 Å². The topological polar surface area (TPSA) is 108 Å². The van der Waals surface area contributed by atoms with Gasteiger partial charge in [0.15, 0.2) is 0 Å². The van der Waals surface area contributed by atoms with Gasteiger partial charge < -0.3 is 10.6 Å². The highest BCUT2D eigenvalue weighted by Crippen LogP contribution is 2.02. The molecule has 2 aromatic rings. The van der Waals surface area contributed by atoms with Crippen LogP contribution in [0.4, 0.5) is 0 Å². The number of benzene rings is 2. The molecule has 0 spiro atoms. The Hall–Kier alpha value is -3.45. The Morgan fingerprint density at radius 2 is 1.59 bits per heavy atom. The third-order valence-corrected chi connectivity index (χ3v) is 3.69. The van der Waals surface area contributed by atoms with E-state index in [0.29, 0.717) is 6.54 Å². The van der Waals surface area contributed by atoms with Gasteiger partial charge in [0.05, 0.1) is 6.42 Å². The predicted molar refractivity (Wildman–Crippen MR) is 100 cm³/mol. The lowest BCUT2D eigenvalue weighted by Gasteiger charge is -2.15. The van der Waals surface area contributed by atoms with Crippen molar-refractivity contribution in [1.82, 2.24) is 16.1 Å². The number of hydrogen-bond donors (Lipinski definition) is 4. The van der Waals surface area contributed by atoms with E-state index in [1.54, 1.807) is 6.08 Å². The summed E-state index contributed by atoms with van der Waals surface area (Å²) in [5, 5.41) is 13.9. The molecule has 4 N–H and O–H groups in total. The monoisotopic (exact) mass is 367 g/mol. The summed E-state index contributed by atoms with van der Waals surface area (Å²) in [6.07, 6.45) is 2.54. The number of amides is 3. The maximum absolute atomic E-state index is 12.1. The van der Waals surface area contributed by atoms with Crippen LogP contribution in [-0.4, -0.2) is 29.0 Å².